The molecule has 2 aliphatic rings. The number of allylic oxidation sites excluding steroid dienone is 1. The van der Waals surface area contributed by atoms with E-state index < -0.39 is 0 Å². The summed E-state index contributed by atoms with van der Waals surface area (Å²) >= 11 is 1.14. The first-order valence-electron chi connectivity index (χ1n) is 9.75. The van der Waals surface area contributed by atoms with Gasteiger partial charge in [-0.25, -0.2) is 4.99 Å². The van der Waals surface area contributed by atoms with Gasteiger partial charge < -0.3 is 14.8 Å². The molecule has 0 fully saturated rings. The van der Waals surface area contributed by atoms with Gasteiger partial charge in [0.25, 0.3) is 0 Å². The lowest BCUT2D eigenvalue weighted by Gasteiger charge is -2.31. The average molecular weight is 409 g/mol. The quantitative estimate of drug-likeness (QED) is 0.762. The van der Waals surface area contributed by atoms with Crippen LogP contribution >= 0.6 is 11.8 Å². The summed E-state index contributed by atoms with van der Waals surface area (Å²) in [5, 5.41) is 4.03. The molecule has 4 rings (SSSR count). The molecule has 0 bridgehead atoms. The Labute approximate surface area is 175 Å². The number of ether oxygens (including phenoxy) is 2. The second-order valence-corrected chi connectivity index (χ2v) is 8.00. The third-order valence-corrected chi connectivity index (χ3v) is 6.10. The Balaban J connectivity index is 1.70. The molecule has 2 aromatic carbocycles. The van der Waals surface area contributed by atoms with Crippen molar-refractivity contribution in [1.82, 2.24) is 5.32 Å². The van der Waals surface area contributed by atoms with E-state index in [1.165, 1.54) is 11.3 Å². The normalized spacial score (nSPS) is 18.4. The smallest absolute Gasteiger partial charge is 0.226 e. The van der Waals surface area contributed by atoms with Crippen LogP contribution in [-0.2, 0) is 0 Å². The van der Waals surface area contributed by atoms with Crippen LogP contribution in [0.15, 0.2) is 64.8 Å². The minimum absolute atomic E-state index is 0.0203. The Hall–Kier alpha value is -2.73. The maximum absolute atomic E-state index is 12.7. The fourth-order valence-corrected chi connectivity index (χ4v) is 4.57. The first kappa shape index (κ1) is 19.6. The number of hydrogen-bond acceptors (Lipinski definition) is 6. The van der Waals surface area contributed by atoms with Crippen molar-refractivity contribution in [1.29, 1.82) is 0 Å². The fraction of sp³-hybridized carbons (Fsp3) is 0.304. The molecule has 2 aromatic rings. The molecule has 1 aliphatic carbocycles. The highest BCUT2D eigenvalue weighted by atomic mass is 32.2. The summed E-state index contributed by atoms with van der Waals surface area (Å²) in [6.07, 6.45) is 4.24. The van der Waals surface area contributed by atoms with Gasteiger partial charge in [0.05, 0.1) is 14.2 Å². The summed E-state index contributed by atoms with van der Waals surface area (Å²) < 4.78 is 11.1. The topological polar surface area (TPSA) is 59.9 Å². The van der Waals surface area contributed by atoms with Gasteiger partial charge in [-0.2, -0.15) is 0 Å². The molecular formula is C23H24N2O3S. The molecule has 1 aliphatic heterocycles. The lowest BCUT2D eigenvalue weighted by atomic mass is 9.86. The molecule has 1 heterocycles. The van der Waals surface area contributed by atoms with Crippen molar-refractivity contribution in [3.8, 4) is 11.5 Å². The van der Waals surface area contributed by atoms with E-state index in [1.54, 1.807) is 14.2 Å². The molecule has 0 amide bonds. The number of rotatable bonds is 4. The molecule has 1 unspecified atom stereocenters. The zero-order valence-electron chi connectivity index (χ0n) is 16.6. The SMILES string of the molecule is COc1ccc(OC)c(C2N=C(SC(=O)c3ccccc3)NC3=C2CCCC3)c1. The Morgan fingerprint density at radius 1 is 1.07 bits per heavy atom. The monoisotopic (exact) mass is 408 g/mol. The second kappa shape index (κ2) is 8.74. The third kappa shape index (κ3) is 4.17. The number of carbonyl (C=O) groups excluding carboxylic acids is 1. The zero-order chi connectivity index (χ0) is 20.2. The number of carbonyl (C=O) groups is 1. The maximum atomic E-state index is 12.7. The summed E-state index contributed by atoms with van der Waals surface area (Å²) in [6.45, 7) is 0. The molecule has 0 aromatic heterocycles. The average Bonchev–Trinajstić information content (AvgIpc) is 2.78. The molecule has 29 heavy (non-hydrogen) atoms. The highest BCUT2D eigenvalue weighted by Gasteiger charge is 2.30. The number of nitrogens with one attached hydrogen (secondary N) is 1. The van der Waals surface area contributed by atoms with Crippen LogP contribution in [0.2, 0.25) is 0 Å². The van der Waals surface area contributed by atoms with Crippen LogP contribution in [0.3, 0.4) is 0 Å². The minimum Gasteiger partial charge on any atom is -0.497 e. The maximum Gasteiger partial charge on any atom is 0.226 e. The van der Waals surface area contributed by atoms with Crippen LogP contribution in [0.4, 0.5) is 0 Å². The van der Waals surface area contributed by atoms with Crippen LogP contribution in [0.5, 0.6) is 11.5 Å². The number of amidine groups is 1. The van der Waals surface area contributed by atoms with Gasteiger partial charge in [0.2, 0.25) is 5.12 Å². The van der Waals surface area contributed by atoms with Gasteiger partial charge in [0.1, 0.15) is 17.5 Å². The summed E-state index contributed by atoms with van der Waals surface area (Å²) in [4.78, 5) is 17.7. The molecule has 5 nitrogen and oxygen atoms in total. The Bertz CT molecular complexity index is 969. The Morgan fingerprint density at radius 3 is 2.62 bits per heavy atom. The number of nitrogens with zero attached hydrogens (tertiary/aromatic N) is 1. The van der Waals surface area contributed by atoms with Crippen molar-refractivity contribution >= 4 is 22.0 Å². The van der Waals surface area contributed by atoms with E-state index in [4.69, 9.17) is 14.5 Å². The van der Waals surface area contributed by atoms with Crippen molar-refractivity contribution in [3.63, 3.8) is 0 Å². The van der Waals surface area contributed by atoms with E-state index >= 15 is 0 Å². The first-order chi connectivity index (χ1) is 14.2. The lowest BCUT2D eigenvalue weighted by Crippen LogP contribution is -2.30. The van der Waals surface area contributed by atoms with E-state index in [2.05, 4.69) is 5.32 Å². The van der Waals surface area contributed by atoms with Crippen LogP contribution < -0.4 is 14.8 Å². The molecule has 150 valence electrons. The van der Waals surface area contributed by atoms with Gasteiger partial charge in [-0.05, 0) is 61.2 Å². The summed E-state index contributed by atoms with van der Waals surface area (Å²) in [5.74, 6) is 1.54. The molecule has 0 saturated heterocycles. The predicted octanol–water partition coefficient (Wildman–Crippen LogP) is 5.11. The van der Waals surface area contributed by atoms with Crippen molar-refractivity contribution in [3.05, 3.63) is 70.9 Å². The van der Waals surface area contributed by atoms with Gasteiger partial charge in [-0.3, -0.25) is 4.79 Å². The van der Waals surface area contributed by atoms with E-state index in [1.807, 2.05) is 48.5 Å². The zero-order valence-corrected chi connectivity index (χ0v) is 17.4. The molecule has 0 radical (unpaired) electrons. The summed E-state index contributed by atoms with van der Waals surface area (Å²) in [6, 6.07) is 14.9. The van der Waals surface area contributed by atoms with Crippen LogP contribution in [-0.4, -0.2) is 24.5 Å². The molecule has 1 N–H and O–H groups in total. The first-order valence-corrected chi connectivity index (χ1v) is 10.6. The standard InChI is InChI=1S/C23H24N2O3S/c1-27-16-12-13-20(28-2)18(14-16)21-17-10-6-7-11-19(17)24-23(25-21)29-22(26)15-8-4-3-5-9-15/h3-5,8-9,12-14,21H,6-7,10-11H2,1-2H3,(H,24,25). The summed E-state index contributed by atoms with van der Waals surface area (Å²) in [7, 11) is 3.32. The van der Waals surface area contributed by atoms with Gasteiger partial charge in [-0.15, -0.1) is 0 Å². The number of hydrogen-bond donors (Lipinski definition) is 1. The molecule has 0 saturated carbocycles. The van der Waals surface area contributed by atoms with Crippen LogP contribution in [0.1, 0.15) is 47.6 Å². The Morgan fingerprint density at radius 2 is 1.86 bits per heavy atom. The van der Waals surface area contributed by atoms with Gasteiger partial charge in [-0.1, -0.05) is 30.3 Å². The minimum atomic E-state index is -0.178. The second-order valence-electron chi connectivity index (χ2n) is 7.04. The van der Waals surface area contributed by atoms with Gasteiger partial charge >= 0.3 is 0 Å². The van der Waals surface area contributed by atoms with Crippen molar-refractivity contribution in [2.75, 3.05) is 14.2 Å². The number of aliphatic imine (C=N–C) groups is 1. The molecule has 0 spiro atoms. The third-order valence-electron chi connectivity index (χ3n) is 5.28. The number of benzene rings is 2. The predicted molar refractivity (Wildman–Crippen MR) is 117 cm³/mol. The van der Waals surface area contributed by atoms with Crippen LogP contribution in [0, 0.1) is 0 Å². The number of thioether (sulfide) groups is 1. The van der Waals surface area contributed by atoms with E-state index in [0.29, 0.717) is 10.7 Å². The lowest BCUT2D eigenvalue weighted by molar-refractivity contribution is 0.109. The molecule has 1 atom stereocenters. The van der Waals surface area contributed by atoms with Crippen molar-refractivity contribution < 1.29 is 14.3 Å². The highest BCUT2D eigenvalue weighted by molar-refractivity contribution is 8.26. The van der Waals surface area contributed by atoms with E-state index in [0.717, 1.165) is 54.5 Å². The van der Waals surface area contributed by atoms with E-state index in [9.17, 15) is 4.79 Å². The van der Waals surface area contributed by atoms with Crippen molar-refractivity contribution in [2.45, 2.75) is 31.7 Å². The highest BCUT2D eigenvalue weighted by Crippen LogP contribution is 2.43. The van der Waals surface area contributed by atoms with E-state index in [-0.39, 0.29) is 11.2 Å². The Kier molecular flexibility index (Phi) is 5.90. The largest absolute Gasteiger partial charge is 0.497 e. The van der Waals surface area contributed by atoms with Crippen LogP contribution in [0.25, 0.3) is 0 Å². The van der Waals surface area contributed by atoms with Crippen molar-refractivity contribution in [2.24, 2.45) is 4.99 Å². The molecular weight excluding hydrogens is 384 g/mol. The fourth-order valence-electron chi connectivity index (χ4n) is 3.81. The van der Waals surface area contributed by atoms with Gasteiger partial charge in [0.15, 0.2) is 5.17 Å². The summed E-state index contributed by atoms with van der Waals surface area (Å²) in [5.41, 5.74) is 4.10. The molecule has 6 heteroatoms. The van der Waals surface area contributed by atoms with Gasteiger partial charge in [0, 0.05) is 16.8 Å². The number of methoxy groups -OCH3 is 2.